The van der Waals surface area contributed by atoms with Crippen LogP contribution < -0.4 is 4.74 Å². The van der Waals surface area contributed by atoms with Gasteiger partial charge in [0.2, 0.25) is 0 Å². The number of ether oxygens (including phenoxy) is 1. The zero-order valence-corrected chi connectivity index (χ0v) is 16.4. The molecule has 3 rings (SSSR count). The molecule has 0 unspecified atom stereocenters. The zero-order valence-electron chi connectivity index (χ0n) is 14.1. The van der Waals surface area contributed by atoms with Gasteiger partial charge in [0.25, 0.3) is 0 Å². The van der Waals surface area contributed by atoms with E-state index in [-0.39, 0.29) is 5.78 Å². The zero-order chi connectivity index (χ0) is 19.2. The highest BCUT2D eigenvalue weighted by Crippen LogP contribution is 2.20. The average Bonchev–Trinajstić information content (AvgIpc) is 2.67. The highest BCUT2D eigenvalue weighted by Gasteiger charge is 2.12. The molecular weight excluding hydrogens is 428 g/mol. The second kappa shape index (κ2) is 8.80. The first kappa shape index (κ1) is 19.1. The second-order valence-electron chi connectivity index (χ2n) is 5.65. The molecule has 0 heterocycles. The van der Waals surface area contributed by atoms with E-state index in [9.17, 15) is 9.59 Å². The molecule has 0 amide bonds. The maximum Gasteiger partial charge on any atom is 0.345 e. The van der Waals surface area contributed by atoms with Crippen molar-refractivity contribution in [3.63, 3.8) is 0 Å². The van der Waals surface area contributed by atoms with E-state index >= 15 is 0 Å². The SMILES string of the molecule is O=C(C=Cc1cccc(OC(=O)c2ccccc2Cl)c1)c1ccc(Br)cc1. The summed E-state index contributed by atoms with van der Waals surface area (Å²) in [7, 11) is 0. The van der Waals surface area contributed by atoms with Crippen LogP contribution in [0.3, 0.4) is 0 Å². The Morgan fingerprint density at radius 3 is 2.41 bits per heavy atom. The number of rotatable bonds is 5. The van der Waals surface area contributed by atoms with Crippen LogP contribution in [-0.2, 0) is 0 Å². The summed E-state index contributed by atoms with van der Waals surface area (Å²) in [6.07, 6.45) is 3.16. The molecule has 0 N–H and O–H groups in total. The molecule has 0 aliphatic rings. The van der Waals surface area contributed by atoms with Crippen LogP contribution in [0.4, 0.5) is 0 Å². The van der Waals surface area contributed by atoms with E-state index in [1.807, 2.05) is 18.2 Å². The largest absolute Gasteiger partial charge is 0.423 e. The molecule has 3 aromatic rings. The first-order valence-corrected chi connectivity index (χ1v) is 9.25. The molecule has 27 heavy (non-hydrogen) atoms. The van der Waals surface area contributed by atoms with Gasteiger partial charge >= 0.3 is 5.97 Å². The minimum Gasteiger partial charge on any atom is -0.423 e. The summed E-state index contributed by atoms with van der Waals surface area (Å²) in [5.74, 6) is -0.271. The van der Waals surface area contributed by atoms with E-state index in [4.69, 9.17) is 16.3 Å². The molecule has 3 aromatic carbocycles. The molecule has 0 aliphatic heterocycles. The van der Waals surface area contributed by atoms with E-state index in [1.165, 1.54) is 6.08 Å². The van der Waals surface area contributed by atoms with Gasteiger partial charge in [-0.25, -0.2) is 4.79 Å². The van der Waals surface area contributed by atoms with Gasteiger partial charge < -0.3 is 4.74 Å². The van der Waals surface area contributed by atoms with Crippen molar-refractivity contribution in [2.24, 2.45) is 0 Å². The van der Waals surface area contributed by atoms with E-state index in [2.05, 4.69) is 15.9 Å². The van der Waals surface area contributed by atoms with Gasteiger partial charge in [0.15, 0.2) is 5.78 Å². The molecule has 0 fully saturated rings. The molecule has 0 saturated carbocycles. The fraction of sp³-hybridized carbons (Fsp3) is 0. The topological polar surface area (TPSA) is 43.4 Å². The number of halogens is 2. The monoisotopic (exact) mass is 440 g/mol. The molecule has 0 radical (unpaired) electrons. The second-order valence-corrected chi connectivity index (χ2v) is 6.97. The maximum atomic E-state index is 12.2. The lowest BCUT2D eigenvalue weighted by atomic mass is 10.1. The molecule has 0 aliphatic carbocycles. The van der Waals surface area contributed by atoms with Crippen LogP contribution in [0.2, 0.25) is 5.02 Å². The van der Waals surface area contributed by atoms with Crippen molar-refractivity contribution < 1.29 is 14.3 Å². The predicted molar refractivity (Wildman–Crippen MR) is 110 cm³/mol. The summed E-state index contributed by atoms with van der Waals surface area (Å²) in [6.45, 7) is 0. The van der Waals surface area contributed by atoms with E-state index in [1.54, 1.807) is 60.7 Å². The summed E-state index contributed by atoms with van der Waals surface area (Å²) in [5.41, 5.74) is 1.63. The third-order valence-corrected chi connectivity index (χ3v) is 4.58. The summed E-state index contributed by atoms with van der Waals surface area (Å²) in [4.78, 5) is 24.5. The highest BCUT2D eigenvalue weighted by atomic mass is 79.9. The van der Waals surface area contributed by atoms with Crippen molar-refractivity contribution in [3.8, 4) is 5.75 Å². The van der Waals surface area contributed by atoms with Crippen LogP contribution in [-0.4, -0.2) is 11.8 Å². The van der Waals surface area contributed by atoms with E-state index in [0.717, 1.165) is 10.0 Å². The lowest BCUT2D eigenvalue weighted by molar-refractivity contribution is 0.0734. The molecule has 0 saturated heterocycles. The van der Waals surface area contributed by atoms with Crippen LogP contribution in [0.1, 0.15) is 26.3 Å². The van der Waals surface area contributed by atoms with Gasteiger partial charge in [-0.05, 0) is 60.2 Å². The first-order chi connectivity index (χ1) is 13.0. The summed E-state index contributed by atoms with van der Waals surface area (Å²) >= 11 is 9.36. The Hall–Kier alpha value is -2.69. The third-order valence-electron chi connectivity index (χ3n) is 3.72. The first-order valence-electron chi connectivity index (χ1n) is 8.08. The fourth-order valence-corrected chi connectivity index (χ4v) is 2.83. The number of allylic oxidation sites excluding steroid dienone is 1. The van der Waals surface area contributed by atoms with E-state index < -0.39 is 5.97 Å². The van der Waals surface area contributed by atoms with Gasteiger partial charge in [0.05, 0.1) is 10.6 Å². The number of carbonyl (C=O) groups excluding carboxylic acids is 2. The molecule has 134 valence electrons. The highest BCUT2D eigenvalue weighted by molar-refractivity contribution is 9.10. The standard InChI is InChI=1S/C22H14BrClO3/c23-17-11-9-16(10-12-17)21(25)13-8-15-4-3-5-18(14-15)27-22(26)19-6-1-2-7-20(19)24/h1-14H. The van der Waals surface area contributed by atoms with Crippen molar-refractivity contribution >= 4 is 45.4 Å². The van der Waals surface area contributed by atoms with Crippen LogP contribution >= 0.6 is 27.5 Å². The van der Waals surface area contributed by atoms with Crippen LogP contribution in [0.5, 0.6) is 5.75 Å². The molecular formula is C22H14BrClO3. The summed E-state index contributed by atoms with van der Waals surface area (Å²) in [6, 6.07) is 20.7. The summed E-state index contributed by atoms with van der Waals surface area (Å²) in [5, 5.41) is 0.332. The number of esters is 1. The van der Waals surface area contributed by atoms with E-state index in [0.29, 0.717) is 21.9 Å². The van der Waals surface area contributed by atoms with Crippen molar-refractivity contribution in [3.05, 3.63) is 105 Å². The Labute approximate surface area is 170 Å². The van der Waals surface area contributed by atoms with Gasteiger partial charge in [-0.15, -0.1) is 0 Å². The van der Waals surface area contributed by atoms with Crippen LogP contribution in [0.25, 0.3) is 6.08 Å². The lowest BCUT2D eigenvalue weighted by Gasteiger charge is -2.06. The number of carbonyl (C=O) groups is 2. The van der Waals surface area contributed by atoms with Gasteiger partial charge in [-0.1, -0.05) is 57.9 Å². The normalized spacial score (nSPS) is 10.7. The average molecular weight is 442 g/mol. The van der Waals surface area contributed by atoms with Crippen molar-refractivity contribution in [2.45, 2.75) is 0 Å². The molecule has 0 bridgehead atoms. The van der Waals surface area contributed by atoms with Gasteiger partial charge in [-0.3, -0.25) is 4.79 Å². The van der Waals surface area contributed by atoms with Crippen molar-refractivity contribution in [1.82, 2.24) is 0 Å². The Bertz CT molecular complexity index is 1010. The minimum atomic E-state index is -0.535. The molecule has 5 heteroatoms. The predicted octanol–water partition coefficient (Wildman–Crippen LogP) is 6.22. The molecule has 3 nitrogen and oxygen atoms in total. The Morgan fingerprint density at radius 1 is 0.926 bits per heavy atom. The van der Waals surface area contributed by atoms with Gasteiger partial charge in [-0.2, -0.15) is 0 Å². The Kier molecular flexibility index (Phi) is 6.22. The van der Waals surface area contributed by atoms with Crippen LogP contribution in [0, 0.1) is 0 Å². The van der Waals surface area contributed by atoms with Crippen LogP contribution in [0.15, 0.2) is 83.3 Å². The Morgan fingerprint density at radius 2 is 1.67 bits per heavy atom. The Balaban J connectivity index is 1.72. The number of benzene rings is 3. The summed E-state index contributed by atoms with van der Waals surface area (Å²) < 4.78 is 6.29. The minimum absolute atomic E-state index is 0.110. The number of hydrogen-bond acceptors (Lipinski definition) is 3. The number of ketones is 1. The van der Waals surface area contributed by atoms with Crippen molar-refractivity contribution in [1.29, 1.82) is 0 Å². The number of hydrogen-bond donors (Lipinski definition) is 0. The lowest BCUT2D eigenvalue weighted by Crippen LogP contribution is -2.09. The maximum absolute atomic E-state index is 12.2. The molecule has 0 aromatic heterocycles. The van der Waals surface area contributed by atoms with Gasteiger partial charge in [0, 0.05) is 10.0 Å². The molecule has 0 spiro atoms. The smallest absolute Gasteiger partial charge is 0.345 e. The quantitative estimate of drug-likeness (QED) is 0.204. The van der Waals surface area contributed by atoms with Gasteiger partial charge in [0.1, 0.15) is 5.75 Å². The fourth-order valence-electron chi connectivity index (χ4n) is 2.35. The third kappa shape index (κ3) is 5.16. The van der Waals surface area contributed by atoms with Crippen molar-refractivity contribution in [2.75, 3.05) is 0 Å². The molecule has 0 atom stereocenters.